The van der Waals surface area contributed by atoms with Crippen LogP contribution in [0.25, 0.3) is 22.2 Å². The van der Waals surface area contributed by atoms with Crippen LogP contribution >= 0.6 is 0 Å². The van der Waals surface area contributed by atoms with Gasteiger partial charge in [0, 0.05) is 17.0 Å². The van der Waals surface area contributed by atoms with Gasteiger partial charge in [-0.3, -0.25) is 4.79 Å². The molecule has 0 saturated carbocycles. The van der Waals surface area contributed by atoms with Crippen LogP contribution in [0.5, 0.6) is 11.5 Å². The van der Waals surface area contributed by atoms with E-state index in [1.54, 1.807) is 6.26 Å². The first-order chi connectivity index (χ1) is 11.3. The predicted molar refractivity (Wildman–Crippen MR) is 88.8 cm³/mol. The molecule has 0 bridgehead atoms. The van der Waals surface area contributed by atoms with Crippen LogP contribution in [-0.2, 0) is 0 Å². The molecule has 0 radical (unpaired) electrons. The number of hydrogen-bond acceptors (Lipinski definition) is 3. The molecule has 0 aliphatic carbocycles. The molecule has 4 nitrogen and oxygen atoms in total. The van der Waals surface area contributed by atoms with Crippen LogP contribution in [0.15, 0.2) is 82.2 Å². The summed E-state index contributed by atoms with van der Waals surface area (Å²) in [6, 6.07) is 20.3. The number of pyridine rings is 1. The second kappa shape index (κ2) is 5.50. The number of furan rings is 1. The summed E-state index contributed by atoms with van der Waals surface area (Å²) in [7, 11) is 0. The Balaban J connectivity index is 1.77. The first-order valence-corrected chi connectivity index (χ1v) is 7.23. The van der Waals surface area contributed by atoms with E-state index in [0.29, 0.717) is 11.5 Å². The van der Waals surface area contributed by atoms with Gasteiger partial charge < -0.3 is 14.1 Å². The zero-order chi connectivity index (χ0) is 15.6. The molecule has 0 saturated heterocycles. The smallest absolute Gasteiger partial charge is 0.252 e. The molecule has 0 aliphatic heterocycles. The Morgan fingerprint density at radius 3 is 2.70 bits per heavy atom. The summed E-state index contributed by atoms with van der Waals surface area (Å²) in [5.41, 5.74) is 1.47. The monoisotopic (exact) mass is 303 g/mol. The highest BCUT2D eigenvalue weighted by Gasteiger charge is 2.07. The molecule has 2 aromatic heterocycles. The van der Waals surface area contributed by atoms with Gasteiger partial charge >= 0.3 is 0 Å². The van der Waals surface area contributed by atoms with Crippen molar-refractivity contribution in [2.45, 2.75) is 0 Å². The van der Waals surface area contributed by atoms with Crippen LogP contribution in [-0.4, -0.2) is 4.98 Å². The normalized spacial score (nSPS) is 10.8. The van der Waals surface area contributed by atoms with Crippen molar-refractivity contribution in [3.63, 3.8) is 0 Å². The molecule has 4 heteroatoms. The molecule has 0 aliphatic rings. The fourth-order valence-electron chi connectivity index (χ4n) is 2.54. The third kappa shape index (κ3) is 2.62. The molecule has 0 atom stereocenters. The minimum Gasteiger partial charge on any atom is -0.464 e. The number of aromatic amines is 1. The summed E-state index contributed by atoms with van der Waals surface area (Å²) in [4.78, 5) is 14.6. The van der Waals surface area contributed by atoms with Gasteiger partial charge in [-0.1, -0.05) is 24.3 Å². The van der Waals surface area contributed by atoms with Crippen LogP contribution in [0.1, 0.15) is 0 Å². The van der Waals surface area contributed by atoms with Crippen LogP contribution in [0, 0.1) is 0 Å². The maximum atomic E-state index is 11.8. The van der Waals surface area contributed by atoms with E-state index in [9.17, 15) is 4.79 Å². The molecule has 2 aromatic carbocycles. The molecule has 0 spiro atoms. The van der Waals surface area contributed by atoms with Gasteiger partial charge in [0.25, 0.3) is 5.56 Å². The Bertz CT molecular complexity index is 1020. The van der Waals surface area contributed by atoms with E-state index in [1.165, 1.54) is 6.07 Å². The largest absolute Gasteiger partial charge is 0.464 e. The number of hydrogen-bond donors (Lipinski definition) is 1. The maximum Gasteiger partial charge on any atom is 0.252 e. The van der Waals surface area contributed by atoms with Crippen molar-refractivity contribution in [3.05, 3.63) is 83.3 Å². The van der Waals surface area contributed by atoms with E-state index in [2.05, 4.69) is 4.98 Å². The van der Waals surface area contributed by atoms with Crippen molar-refractivity contribution in [1.29, 1.82) is 0 Å². The summed E-state index contributed by atoms with van der Waals surface area (Å²) < 4.78 is 11.4. The number of H-pyrrole nitrogens is 1. The van der Waals surface area contributed by atoms with E-state index in [1.807, 2.05) is 60.7 Å². The first kappa shape index (κ1) is 13.4. The van der Waals surface area contributed by atoms with Crippen molar-refractivity contribution in [3.8, 4) is 22.8 Å². The van der Waals surface area contributed by atoms with Crippen LogP contribution < -0.4 is 10.3 Å². The Morgan fingerprint density at radius 1 is 0.913 bits per heavy atom. The van der Waals surface area contributed by atoms with Crippen molar-refractivity contribution >= 4 is 10.9 Å². The summed E-state index contributed by atoms with van der Waals surface area (Å²) in [5, 5.41) is 0.857. The molecule has 1 N–H and O–H groups in total. The molecule has 2 heterocycles. The molecule has 4 aromatic rings. The summed E-state index contributed by atoms with van der Waals surface area (Å²) >= 11 is 0. The van der Waals surface area contributed by atoms with Gasteiger partial charge in [-0.2, -0.15) is 0 Å². The number of fused-ring (bicyclic) bond motifs is 1. The van der Waals surface area contributed by atoms with Crippen molar-refractivity contribution in [2.24, 2.45) is 0 Å². The standard InChI is InChI=1S/C19H13NO3/c21-19-12-18(15-7-1-2-8-16(15)20-19)23-14-6-3-5-13(11-14)17-9-4-10-22-17/h1-12H,(H,20,21). The molecule has 0 unspecified atom stereocenters. The number of rotatable bonds is 3. The Hall–Kier alpha value is -3.27. The predicted octanol–water partition coefficient (Wildman–Crippen LogP) is 4.58. The SMILES string of the molecule is O=c1cc(Oc2cccc(-c3ccco3)c2)c2ccccc2[nH]1. The second-order valence-electron chi connectivity index (χ2n) is 5.15. The van der Waals surface area contributed by atoms with E-state index >= 15 is 0 Å². The van der Waals surface area contributed by atoms with Crippen LogP contribution in [0.4, 0.5) is 0 Å². The molecule has 4 rings (SSSR count). The Labute approximate surface area is 132 Å². The lowest BCUT2D eigenvalue weighted by Gasteiger charge is -2.09. The van der Waals surface area contributed by atoms with Crippen LogP contribution in [0.2, 0.25) is 0 Å². The topological polar surface area (TPSA) is 55.2 Å². The quantitative estimate of drug-likeness (QED) is 0.602. The lowest BCUT2D eigenvalue weighted by Crippen LogP contribution is -2.04. The highest BCUT2D eigenvalue weighted by Crippen LogP contribution is 2.30. The number of ether oxygens (including phenoxy) is 1. The zero-order valence-corrected chi connectivity index (χ0v) is 12.2. The van der Waals surface area contributed by atoms with Crippen LogP contribution in [0.3, 0.4) is 0 Å². The molecule has 23 heavy (non-hydrogen) atoms. The highest BCUT2D eigenvalue weighted by molar-refractivity contribution is 5.84. The average Bonchev–Trinajstić information content (AvgIpc) is 3.09. The summed E-state index contributed by atoms with van der Waals surface area (Å²) in [5.74, 6) is 1.95. The fourth-order valence-corrected chi connectivity index (χ4v) is 2.54. The third-order valence-corrected chi connectivity index (χ3v) is 3.58. The van der Waals surface area contributed by atoms with E-state index < -0.39 is 0 Å². The summed E-state index contributed by atoms with van der Waals surface area (Å²) in [6.45, 7) is 0. The number of nitrogens with one attached hydrogen (secondary N) is 1. The average molecular weight is 303 g/mol. The number of benzene rings is 2. The minimum atomic E-state index is -0.194. The van der Waals surface area contributed by atoms with Gasteiger partial charge in [-0.15, -0.1) is 0 Å². The maximum absolute atomic E-state index is 11.8. The summed E-state index contributed by atoms with van der Waals surface area (Å²) in [6.07, 6.45) is 1.63. The van der Waals surface area contributed by atoms with Gasteiger partial charge in [0.1, 0.15) is 17.3 Å². The van der Waals surface area contributed by atoms with Crippen molar-refractivity contribution in [2.75, 3.05) is 0 Å². The minimum absolute atomic E-state index is 0.194. The second-order valence-corrected chi connectivity index (χ2v) is 5.15. The van der Waals surface area contributed by atoms with Gasteiger partial charge in [-0.25, -0.2) is 0 Å². The number of aromatic nitrogens is 1. The van der Waals surface area contributed by atoms with Gasteiger partial charge in [0.05, 0.1) is 11.8 Å². The van der Waals surface area contributed by atoms with E-state index in [4.69, 9.17) is 9.15 Å². The molecular weight excluding hydrogens is 290 g/mol. The van der Waals surface area contributed by atoms with Crippen molar-refractivity contribution < 1.29 is 9.15 Å². The molecule has 112 valence electrons. The van der Waals surface area contributed by atoms with E-state index in [-0.39, 0.29) is 5.56 Å². The van der Waals surface area contributed by atoms with E-state index in [0.717, 1.165) is 22.2 Å². The fraction of sp³-hybridized carbons (Fsp3) is 0. The lowest BCUT2D eigenvalue weighted by atomic mass is 10.1. The highest BCUT2D eigenvalue weighted by atomic mass is 16.5. The van der Waals surface area contributed by atoms with Gasteiger partial charge in [0.2, 0.25) is 0 Å². The third-order valence-electron chi connectivity index (χ3n) is 3.58. The zero-order valence-electron chi connectivity index (χ0n) is 12.2. The van der Waals surface area contributed by atoms with Gasteiger partial charge in [-0.05, 0) is 36.4 Å². The Morgan fingerprint density at radius 2 is 1.83 bits per heavy atom. The van der Waals surface area contributed by atoms with Crippen molar-refractivity contribution in [1.82, 2.24) is 4.98 Å². The lowest BCUT2D eigenvalue weighted by molar-refractivity contribution is 0.487. The molecule has 0 amide bonds. The number of para-hydroxylation sites is 1. The molecular formula is C19H13NO3. The van der Waals surface area contributed by atoms with Gasteiger partial charge in [0.15, 0.2) is 0 Å². The molecule has 0 fully saturated rings. The first-order valence-electron chi connectivity index (χ1n) is 7.23. The Kier molecular flexibility index (Phi) is 3.20.